The Morgan fingerprint density at radius 3 is 0.872 bits per heavy atom. The molecular weight excluding hydrogens is 1030 g/mol. The summed E-state index contributed by atoms with van der Waals surface area (Å²) in [7, 11) is 0. The molecular formula is C82H58B2N2. The Morgan fingerprint density at radius 1 is 0.233 bits per heavy atom. The van der Waals surface area contributed by atoms with Crippen molar-refractivity contribution in [3.05, 3.63) is 276 Å². The van der Waals surface area contributed by atoms with Crippen molar-refractivity contribution in [2.24, 2.45) is 0 Å². The minimum atomic E-state index is 0.0228. The van der Waals surface area contributed by atoms with E-state index in [-0.39, 0.29) is 13.4 Å². The van der Waals surface area contributed by atoms with E-state index in [0.717, 1.165) is 34.1 Å². The molecule has 0 bridgehead atoms. The van der Waals surface area contributed by atoms with Gasteiger partial charge in [0.1, 0.15) is 0 Å². The summed E-state index contributed by atoms with van der Waals surface area (Å²) in [4.78, 5) is 4.93. The summed E-state index contributed by atoms with van der Waals surface area (Å²) in [6, 6.07) is 92.9. The number of para-hydroxylation sites is 4. The van der Waals surface area contributed by atoms with E-state index in [1.807, 2.05) is 0 Å². The molecule has 4 heteroatoms. The van der Waals surface area contributed by atoms with Gasteiger partial charge in [-0.1, -0.05) is 202 Å². The highest BCUT2D eigenvalue weighted by molar-refractivity contribution is 7.03. The van der Waals surface area contributed by atoms with Crippen LogP contribution in [0.3, 0.4) is 0 Å². The molecule has 4 heterocycles. The van der Waals surface area contributed by atoms with Gasteiger partial charge in [0.15, 0.2) is 0 Å². The van der Waals surface area contributed by atoms with Gasteiger partial charge in [0.2, 0.25) is 13.4 Å². The molecule has 0 saturated heterocycles. The summed E-state index contributed by atoms with van der Waals surface area (Å²) >= 11 is 0. The van der Waals surface area contributed by atoms with Crippen LogP contribution in [0.2, 0.25) is 0 Å². The number of aryl methyl sites for hydroxylation is 6. The fraction of sp³-hybridized carbons (Fsp3) is 0.0732. The SMILES string of the molecule is Cc1cc(C)c(-c2cc3c4c(cc5c(-c6c(C)cc(C)cc6C)cc6c7c(cc2c4c57)B2c4ccccc4-c4cc(N(c5ccccc5)c5ccccc5)cc-6c42)B2c4ccccc4-c4cc(N(c5ccccc5)c5ccccc5)cc-3c42)c(C)c1. The molecule has 4 aliphatic heterocycles. The normalized spacial score (nSPS) is 12.7. The zero-order valence-electron chi connectivity index (χ0n) is 49.1. The van der Waals surface area contributed by atoms with Crippen LogP contribution < -0.4 is 42.6 Å². The lowest BCUT2D eigenvalue weighted by atomic mass is 9.34. The number of benzene rings is 14. The lowest BCUT2D eigenvalue weighted by Crippen LogP contribution is -2.53. The minimum absolute atomic E-state index is 0.0228. The first kappa shape index (κ1) is 49.3. The molecule has 0 unspecified atom stereocenters. The second kappa shape index (κ2) is 18.2. The van der Waals surface area contributed by atoms with Crippen molar-refractivity contribution in [1.82, 2.24) is 0 Å². The maximum Gasteiger partial charge on any atom is 0.244 e. The van der Waals surface area contributed by atoms with E-state index in [1.165, 1.54) is 165 Å². The van der Waals surface area contributed by atoms with Gasteiger partial charge in [-0.25, -0.2) is 0 Å². The second-order valence-electron chi connectivity index (χ2n) is 25.0. The van der Waals surface area contributed by atoms with E-state index in [2.05, 4.69) is 294 Å². The van der Waals surface area contributed by atoms with E-state index < -0.39 is 0 Å². The van der Waals surface area contributed by atoms with Gasteiger partial charge >= 0.3 is 0 Å². The summed E-state index contributed by atoms with van der Waals surface area (Å²) in [6.07, 6.45) is 0. The number of fused-ring (bicyclic) bond motifs is 10. The fourth-order valence-corrected chi connectivity index (χ4v) is 17.0. The lowest BCUT2D eigenvalue weighted by Gasteiger charge is -2.34. The summed E-state index contributed by atoms with van der Waals surface area (Å²) in [5.74, 6) is 0. The molecule has 2 nitrogen and oxygen atoms in total. The van der Waals surface area contributed by atoms with Gasteiger partial charge in [0.25, 0.3) is 0 Å². The van der Waals surface area contributed by atoms with Crippen LogP contribution in [0, 0.1) is 41.5 Å². The van der Waals surface area contributed by atoms with Crippen LogP contribution in [0.15, 0.2) is 243 Å². The van der Waals surface area contributed by atoms with E-state index in [1.54, 1.807) is 0 Å². The Balaban J connectivity index is 1.04. The van der Waals surface area contributed by atoms with Crippen molar-refractivity contribution >= 4 is 113 Å². The van der Waals surface area contributed by atoms with E-state index in [4.69, 9.17) is 0 Å². The van der Waals surface area contributed by atoms with E-state index in [0.29, 0.717) is 0 Å². The molecule has 86 heavy (non-hydrogen) atoms. The first-order chi connectivity index (χ1) is 42.2. The van der Waals surface area contributed by atoms with Crippen LogP contribution in [-0.4, -0.2) is 13.4 Å². The van der Waals surface area contributed by atoms with Crippen molar-refractivity contribution < 1.29 is 0 Å². The lowest BCUT2D eigenvalue weighted by molar-refractivity contribution is 1.29. The van der Waals surface area contributed by atoms with E-state index >= 15 is 0 Å². The van der Waals surface area contributed by atoms with E-state index in [9.17, 15) is 0 Å². The first-order valence-electron chi connectivity index (χ1n) is 30.5. The number of rotatable bonds is 8. The molecule has 0 aliphatic carbocycles. The smallest absolute Gasteiger partial charge is 0.244 e. The van der Waals surface area contributed by atoms with Crippen LogP contribution in [0.1, 0.15) is 33.4 Å². The molecule has 14 aromatic rings. The van der Waals surface area contributed by atoms with Crippen molar-refractivity contribution in [2.45, 2.75) is 41.5 Å². The number of anilines is 6. The topological polar surface area (TPSA) is 6.48 Å². The Morgan fingerprint density at radius 2 is 0.535 bits per heavy atom. The third-order valence-corrected chi connectivity index (χ3v) is 19.9. The van der Waals surface area contributed by atoms with Crippen LogP contribution >= 0.6 is 0 Å². The summed E-state index contributed by atoms with van der Waals surface area (Å²) in [5.41, 5.74) is 38.8. The summed E-state index contributed by atoms with van der Waals surface area (Å²) in [5, 5.41) is 8.17. The summed E-state index contributed by atoms with van der Waals surface area (Å²) in [6.45, 7) is 13.9. The van der Waals surface area contributed by atoms with Crippen molar-refractivity contribution in [1.29, 1.82) is 0 Å². The number of hydrogen-bond acceptors (Lipinski definition) is 2. The molecule has 14 aromatic carbocycles. The average Bonchev–Trinajstić information content (AvgIpc) is 1.20. The highest BCUT2D eigenvalue weighted by Crippen LogP contribution is 2.54. The van der Waals surface area contributed by atoms with Crippen molar-refractivity contribution in [3.63, 3.8) is 0 Å². The van der Waals surface area contributed by atoms with Gasteiger partial charge in [-0.05, 0) is 248 Å². The van der Waals surface area contributed by atoms with Crippen LogP contribution in [0.5, 0.6) is 0 Å². The predicted octanol–water partition coefficient (Wildman–Crippen LogP) is 17.7. The van der Waals surface area contributed by atoms with Crippen LogP contribution in [0.4, 0.5) is 34.1 Å². The second-order valence-corrected chi connectivity index (χ2v) is 25.0. The van der Waals surface area contributed by atoms with Gasteiger partial charge in [-0.15, -0.1) is 0 Å². The zero-order chi connectivity index (χ0) is 57.4. The molecule has 0 atom stereocenters. The van der Waals surface area contributed by atoms with Crippen LogP contribution in [-0.2, 0) is 0 Å². The molecule has 402 valence electrons. The third kappa shape index (κ3) is 6.81. The maximum atomic E-state index is 2.70. The van der Waals surface area contributed by atoms with Gasteiger partial charge in [-0.3, -0.25) is 0 Å². The molecule has 4 aliphatic rings. The standard InChI is InChI=1S/C82H58B2N2/c1-47-35-49(3)75(50(4)36-47)61-43-63-69-41-57(85(53-23-11-7-12-24-53)54-25-13-8-14-26-54)39-67-59-31-20-22-34-72(59)84(81(67)69)74-46-66-62(76-51(5)37-48(2)38-52(76)6)44-64-70-42-58(86(55-27-15-9-16-28-55)56-29-17-10-18-30-56)40-68-60-32-19-21-33-71(60)83(82(68)70)73-45-65(61)79(77(63)74)80(66)78(64)73/h7-46H,1-6H3. The molecule has 0 fully saturated rings. The first-order valence-corrected chi connectivity index (χ1v) is 30.5. The monoisotopic (exact) mass is 1090 g/mol. The molecule has 0 amide bonds. The molecule has 0 radical (unpaired) electrons. The predicted molar refractivity (Wildman–Crippen MR) is 370 cm³/mol. The molecule has 0 aromatic heterocycles. The van der Waals surface area contributed by atoms with Crippen molar-refractivity contribution in [3.8, 4) is 66.8 Å². The molecule has 0 spiro atoms. The van der Waals surface area contributed by atoms with Gasteiger partial charge in [0, 0.05) is 34.1 Å². The Hall–Kier alpha value is -10.2. The maximum absolute atomic E-state index is 2.70. The molecule has 0 N–H and O–H groups in total. The minimum Gasteiger partial charge on any atom is -0.310 e. The van der Waals surface area contributed by atoms with Gasteiger partial charge in [-0.2, -0.15) is 0 Å². The Labute approximate surface area is 503 Å². The quantitative estimate of drug-likeness (QED) is 0.111. The summed E-state index contributed by atoms with van der Waals surface area (Å²) < 4.78 is 0. The number of hydrogen-bond donors (Lipinski definition) is 0. The molecule has 18 rings (SSSR count). The Kier molecular flexibility index (Phi) is 10.4. The highest BCUT2D eigenvalue weighted by atomic mass is 15.1. The Bertz CT molecular complexity index is 4790. The van der Waals surface area contributed by atoms with Crippen molar-refractivity contribution in [2.75, 3.05) is 9.80 Å². The third-order valence-electron chi connectivity index (χ3n) is 19.9. The number of nitrogens with zero attached hydrogens (tertiary/aromatic N) is 2. The largest absolute Gasteiger partial charge is 0.310 e. The molecule has 0 saturated carbocycles. The van der Waals surface area contributed by atoms with Gasteiger partial charge < -0.3 is 9.80 Å². The average molecular weight is 1090 g/mol. The van der Waals surface area contributed by atoms with Gasteiger partial charge in [0.05, 0.1) is 0 Å². The highest BCUT2D eigenvalue weighted by Gasteiger charge is 2.46. The van der Waals surface area contributed by atoms with Crippen LogP contribution in [0.25, 0.3) is 99.1 Å². The fourth-order valence-electron chi connectivity index (χ4n) is 17.0. The zero-order valence-corrected chi connectivity index (χ0v) is 49.1.